The van der Waals surface area contributed by atoms with Crippen LogP contribution >= 0.6 is 11.3 Å². The molecule has 30 heavy (non-hydrogen) atoms. The van der Waals surface area contributed by atoms with Crippen molar-refractivity contribution in [2.45, 2.75) is 12.5 Å². The van der Waals surface area contributed by atoms with Crippen molar-refractivity contribution in [1.29, 1.82) is 0 Å². The predicted octanol–water partition coefficient (Wildman–Crippen LogP) is 4.26. The molecule has 1 atom stereocenters. The van der Waals surface area contributed by atoms with E-state index in [4.69, 9.17) is 4.74 Å². The molecule has 1 N–H and O–H groups in total. The average Bonchev–Trinajstić information content (AvgIpc) is 3.23. The van der Waals surface area contributed by atoms with E-state index in [1.807, 2.05) is 17.0 Å². The highest BCUT2D eigenvalue weighted by molar-refractivity contribution is 7.10. The first-order valence-corrected chi connectivity index (χ1v) is 10.5. The van der Waals surface area contributed by atoms with Gasteiger partial charge in [-0.1, -0.05) is 18.2 Å². The maximum atomic E-state index is 13.4. The molecule has 3 aromatic rings. The van der Waals surface area contributed by atoms with E-state index in [0.29, 0.717) is 12.2 Å². The fourth-order valence-electron chi connectivity index (χ4n) is 3.73. The SMILES string of the molecule is COCC(=O)N1CCc2sccc2[C@H]1c1ccc(NC(=O)c2cccc(F)c2)cc1. The van der Waals surface area contributed by atoms with Crippen molar-refractivity contribution >= 4 is 28.8 Å². The Labute approximate surface area is 178 Å². The summed E-state index contributed by atoms with van der Waals surface area (Å²) in [4.78, 5) is 28.1. The van der Waals surface area contributed by atoms with Gasteiger partial charge in [-0.2, -0.15) is 0 Å². The van der Waals surface area contributed by atoms with Crippen LogP contribution in [0.3, 0.4) is 0 Å². The Hall–Kier alpha value is -3.03. The van der Waals surface area contributed by atoms with Crippen LogP contribution in [0.4, 0.5) is 10.1 Å². The smallest absolute Gasteiger partial charge is 0.255 e. The number of thiophene rings is 1. The number of carbonyl (C=O) groups excluding carboxylic acids is 2. The van der Waals surface area contributed by atoms with Crippen LogP contribution < -0.4 is 5.32 Å². The lowest BCUT2D eigenvalue weighted by Gasteiger charge is -2.36. The molecule has 5 nitrogen and oxygen atoms in total. The van der Waals surface area contributed by atoms with Gasteiger partial charge < -0.3 is 15.0 Å². The van der Waals surface area contributed by atoms with E-state index in [-0.39, 0.29) is 30.0 Å². The summed E-state index contributed by atoms with van der Waals surface area (Å²) < 4.78 is 18.4. The first-order valence-electron chi connectivity index (χ1n) is 9.58. The number of amides is 2. The van der Waals surface area contributed by atoms with Crippen LogP contribution in [-0.2, 0) is 16.0 Å². The first kappa shape index (κ1) is 20.3. The molecule has 1 aromatic heterocycles. The summed E-state index contributed by atoms with van der Waals surface area (Å²) in [6.45, 7) is 0.677. The van der Waals surface area contributed by atoms with E-state index in [0.717, 1.165) is 17.5 Å². The predicted molar refractivity (Wildman–Crippen MR) is 114 cm³/mol. The van der Waals surface area contributed by atoms with Gasteiger partial charge in [0.15, 0.2) is 0 Å². The molecule has 2 aromatic carbocycles. The van der Waals surface area contributed by atoms with Crippen molar-refractivity contribution in [1.82, 2.24) is 4.90 Å². The fraction of sp³-hybridized carbons (Fsp3) is 0.217. The van der Waals surface area contributed by atoms with E-state index in [2.05, 4.69) is 16.8 Å². The first-order chi connectivity index (χ1) is 14.6. The normalized spacial score (nSPS) is 15.5. The number of carbonyl (C=O) groups is 2. The standard InChI is InChI=1S/C23H21FN2O3S/c1-29-14-21(27)26-11-9-20-19(10-12-30-20)22(26)15-5-7-18(8-6-15)25-23(28)16-3-2-4-17(24)13-16/h2-8,10,12-13,22H,9,11,14H2,1H3,(H,25,28)/t22-/m1/s1. The zero-order chi connectivity index (χ0) is 21.1. The van der Waals surface area contributed by atoms with E-state index in [9.17, 15) is 14.0 Å². The molecular formula is C23H21FN2O3S. The second-order valence-electron chi connectivity index (χ2n) is 7.06. The van der Waals surface area contributed by atoms with E-state index in [1.165, 1.54) is 30.2 Å². The molecule has 0 bridgehead atoms. The second kappa shape index (κ2) is 8.77. The quantitative estimate of drug-likeness (QED) is 0.666. The highest BCUT2D eigenvalue weighted by atomic mass is 32.1. The van der Waals surface area contributed by atoms with Gasteiger partial charge in [-0.05, 0) is 59.3 Å². The highest BCUT2D eigenvalue weighted by Gasteiger charge is 2.32. The Morgan fingerprint density at radius 2 is 2.00 bits per heavy atom. The van der Waals surface area contributed by atoms with Crippen molar-refractivity contribution in [2.75, 3.05) is 25.6 Å². The molecule has 0 fully saturated rings. The van der Waals surface area contributed by atoms with Crippen molar-refractivity contribution in [3.8, 4) is 0 Å². The van der Waals surface area contributed by atoms with Crippen LogP contribution in [0.5, 0.6) is 0 Å². The molecule has 1 aliphatic rings. The number of methoxy groups -OCH3 is 1. The minimum atomic E-state index is -0.456. The fourth-order valence-corrected chi connectivity index (χ4v) is 4.64. The zero-order valence-corrected chi connectivity index (χ0v) is 17.2. The number of rotatable bonds is 5. The third-order valence-corrected chi connectivity index (χ3v) is 6.12. The molecule has 1 aliphatic heterocycles. The maximum absolute atomic E-state index is 13.4. The molecular weight excluding hydrogens is 403 g/mol. The molecule has 0 radical (unpaired) electrons. The Morgan fingerprint density at radius 3 is 2.73 bits per heavy atom. The number of hydrogen-bond acceptors (Lipinski definition) is 4. The van der Waals surface area contributed by atoms with Gasteiger partial charge in [-0.15, -0.1) is 11.3 Å². The van der Waals surface area contributed by atoms with Crippen LogP contribution in [0, 0.1) is 5.82 Å². The van der Waals surface area contributed by atoms with Crippen LogP contribution in [0.15, 0.2) is 60.0 Å². The third kappa shape index (κ3) is 4.13. The number of nitrogens with one attached hydrogen (secondary N) is 1. The van der Waals surface area contributed by atoms with Gasteiger partial charge in [0, 0.05) is 29.8 Å². The van der Waals surface area contributed by atoms with Crippen LogP contribution in [0.25, 0.3) is 0 Å². The molecule has 2 amide bonds. The summed E-state index contributed by atoms with van der Waals surface area (Å²) in [5.74, 6) is -0.887. The number of nitrogens with zero attached hydrogens (tertiary/aromatic N) is 1. The van der Waals surface area contributed by atoms with Crippen LogP contribution in [0.1, 0.15) is 32.4 Å². The van der Waals surface area contributed by atoms with Gasteiger partial charge in [0.1, 0.15) is 12.4 Å². The Balaban J connectivity index is 1.57. The molecule has 154 valence electrons. The summed E-state index contributed by atoms with van der Waals surface area (Å²) in [6.07, 6.45) is 0.834. The average molecular weight is 424 g/mol. The minimum Gasteiger partial charge on any atom is -0.375 e. The van der Waals surface area contributed by atoms with Crippen molar-refractivity contribution in [3.05, 3.63) is 87.4 Å². The molecule has 0 saturated heterocycles. The Morgan fingerprint density at radius 1 is 1.20 bits per heavy atom. The van der Waals surface area contributed by atoms with E-state index in [1.54, 1.807) is 29.5 Å². The Bertz CT molecular complexity index is 1060. The van der Waals surface area contributed by atoms with Crippen LogP contribution in [-0.4, -0.2) is 37.0 Å². The lowest BCUT2D eigenvalue weighted by Crippen LogP contribution is -2.41. The zero-order valence-electron chi connectivity index (χ0n) is 16.4. The summed E-state index contributed by atoms with van der Waals surface area (Å²) >= 11 is 1.70. The summed E-state index contributed by atoms with van der Waals surface area (Å²) in [7, 11) is 1.52. The number of anilines is 1. The minimum absolute atomic E-state index is 0.0394. The van der Waals surface area contributed by atoms with Gasteiger partial charge in [0.05, 0.1) is 6.04 Å². The lowest BCUT2D eigenvalue weighted by molar-refractivity contribution is -0.137. The third-order valence-electron chi connectivity index (χ3n) is 5.13. The van der Waals surface area contributed by atoms with Crippen molar-refractivity contribution in [2.24, 2.45) is 0 Å². The van der Waals surface area contributed by atoms with Crippen molar-refractivity contribution in [3.63, 3.8) is 0 Å². The van der Waals surface area contributed by atoms with Gasteiger partial charge in [0.25, 0.3) is 5.91 Å². The maximum Gasteiger partial charge on any atom is 0.255 e. The molecule has 0 saturated carbocycles. The summed E-state index contributed by atoms with van der Waals surface area (Å²) in [5.41, 5.74) is 2.95. The molecule has 4 rings (SSSR count). The largest absolute Gasteiger partial charge is 0.375 e. The number of ether oxygens (including phenoxy) is 1. The number of hydrogen-bond donors (Lipinski definition) is 1. The number of benzene rings is 2. The Kier molecular flexibility index (Phi) is 5.92. The van der Waals surface area contributed by atoms with E-state index >= 15 is 0 Å². The second-order valence-corrected chi connectivity index (χ2v) is 8.06. The summed E-state index contributed by atoms with van der Waals surface area (Å²) in [5, 5.41) is 4.83. The molecule has 0 spiro atoms. The molecule has 2 heterocycles. The lowest BCUT2D eigenvalue weighted by atomic mass is 9.93. The number of fused-ring (bicyclic) bond motifs is 1. The van der Waals surface area contributed by atoms with Gasteiger partial charge >= 0.3 is 0 Å². The monoisotopic (exact) mass is 424 g/mol. The number of halogens is 1. The van der Waals surface area contributed by atoms with E-state index < -0.39 is 5.82 Å². The summed E-state index contributed by atoms with van der Waals surface area (Å²) in [6, 6.07) is 14.9. The van der Waals surface area contributed by atoms with Crippen molar-refractivity contribution < 1.29 is 18.7 Å². The molecule has 0 unspecified atom stereocenters. The highest BCUT2D eigenvalue weighted by Crippen LogP contribution is 2.38. The van der Waals surface area contributed by atoms with Gasteiger partial charge in [-0.3, -0.25) is 9.59 Å². The molecule has 0 aliphatic carbocycles. The van der Waals surface area contributed by atoms with Crippen LogP contribution in [0.2, 0.25) is 0 Å². The van der Waals surface area contributed by atoms with Gasteiger partial charge in [-0.25, -0.2) is 4.39 Å². The molecule has 7 heteroatoms. The topological polar surface area (TPSA) is 58.6 Å². The van der Waals surface area contributed by atoms with Gasteiger partial charge in [0.2, 0.25) is 5.91 Å².